The summed E-state index contributed by atoms with van der Waals surface area (Å²) in [6, 6.07) is 0. The number of nitrogens with two attached hydrogens (primary N) is 1. The van der Waals surface area contributed by atoms with Crippen LogP contribution in [-0.2, 0) is 18.9 Å². The lowest BCUT2D eigenvalue weighted by Crippen LogP contribution is -2.64. The normalized spacial score (nSPS) is 47.1. The van der Waals surface area contributed by atoms with Crippen molar-refractivity contribution < 1.29 is 54.7 Å². The molecule has 0 spiro atoms. The number of aliphatic hydroxyl groups is 7. The Bertz CT molecular complexity index is 428. The molecule has 0 bridgehead atoms. The molecule has 2 aliphatic rings. The van der Waals surface area contributed by atoms with E-state index in [1.165, 1.54) is 0 Å². The quantitative estimate of drug-likeness (QED) is 0.207. The first-order chi connectivity index (χ1) is 12.3. The Morgan fingerprint density at radius 3 is 1.88 bits per heavy atom. The molecule has 0 aliphatic carbocycles. The molecule has 2 fully saturated rings. The van der Waals surface area contributed by atoms with Gasteiger partial charge >= 0.3 is 0 Å². The zero-order valence-corrected chi connectivity index (χ0v) is 13.9. The molecule has 12 heteroatoms. The van der Waals surface area contributed by atoms with Gasteiger partial charge in [-0.3, -0.25) is 0 Å². The highest BCUT2D eigenvalue weighted by atomic mass is 16.7. The summed E-state index contributed by atoms with van der Waals surface area (Å²) in [6.45, 7) is -1.10. The van der Waals surface area contributed by atoms with E-state index in [0.29, 0.717) is 0 Å². The first-order valence-corrected chi connectivity index (χ1v) is 8.25. The molecule has 0 aromatic rings. The summed E-state index contributed by atoms with van der Waals surface area (Å²) in [5.74, 6) is 0. The van der Waals surface area contributed by atoms with Gasteiger partial charge in [0.25, 0.3) is 0 Å². The number of hydrogen-bond acceptors (Lipinski definition) is 12. The van der Waals surface area contributed by atoms with E-state index in [1.807, 2.05) is 0 Å². The highest BCUT2D eigenvalue weighted by Crippen LogP contribution is 2.29. The topological polar surface area (TPSA) is 205 Å². The molecule has 0 radical (unpaired) electrons. The summed E-state index contributed by atoms with van der Waals surface area (Å²) >= 11 is 0. The summed E-state index contributed by atoms with van der Waals surface area (Å²) < 4.78 is 21.1. The number of aliphatic hydroxyl groups excluding tert-OH is 7. The maximum Gasteiger partial charge on any atom is 0.187 e. The van der Waals surface area contributed by atoms with Crippen LogP contribution in [0.4, 0.5) is 0 Å². The fourth-order valence-corrected chi connectivity index (χ4v) is 2.87. The molecule has 154 valence electrons. The van der Waals surface area contributed by atoms with Gasteiger partial charge in [0.1, 0.15) is 48.8 Å². The van der Waals surface area contributed by atoms with Crippen LogP contribution in [0.1, 0.15) is 0 Å². The van der Waals surface area contributed by atoms with Crippen LogP contribution >= 0.6 is 0 Å². The largest absolute Gasteiger partial charge is 0.394 e. The van der Waals surface area contributed by atoms with Crippen molar-refractivity contribution in [1.82, 2.24) is 0 Å². The molecule has 2 heterocycles. The van der Waals surface area contributed by atoms with Gasteiger partial charge in [0.15, 0.2) is 12.6 Å². The van der Waals surface area contributed by atoms with E-state index >= 15 is 0 Å². The minimum atomic E-state index is -1.72. The Kier molecular flexibility index (Phi) is 8.08. The second kappa shape index (κ2) is 9.64. The van der Waals surface area contributed by atoms with Crippen molar-refractivity contribution >= 4 is 0 Å². The van der Waals surface area contributed by atoms with E-state index in [9.17, 15) is 35.7 Å². The Balaban J connectivity index is 2.13. The molecule has 4 unspecified atom stereocenters. The molecule has 2 aliphatic heterocycles. The van der Waals surface area contributed by atoms with Crippen molar-refractivity contribution in [1.29, 1.82) is 0 Å². The smallest absolute Gasteiger partial charge is 0.187 e. The Morgan fingerprint density at radius 2 is 1.31 bits per heavy atom. The number of ether oxygens (including phenoxy) is 4. The lowest BCUT2D eigenvalue weighted by atomic mass is 9.97. The fraction of sp³-hybridized carbons (Fsp3) is 1.00. The predicted octanol–water partition coefficient (Wildman–Crippen LogP) is -5.41. The SMILES string of the molecule is NCCO[C@@H]1OC(CO)[C@H](O)[C@H](O[C@H]2OC(CO)[C@H](O)[C@H](O)C2O)C1O. The zero-order valence-electron chi connectivity index (χ0n) is 13.9. The van der Waals surface area contributed by atoms with Crippen LogP contribution in [0.3, 0.4) is 0 Å². The third-order valence-corrected chi connectivity index (χ3v) is 4.36. The van der Waals surface area contributed by atoms with Gasteiger partial charge in [-0.25, -0.2) is 0 Å². The summed E-state index contributed by atoms with van der Waals surface area (Å²) in [7, 11) is 0. The van der Waals surface area contributed by atoms with Gasteiger partial charge in [-0.1, -0.05) is 0 Å². The van der Waals surface area contributed by atoms with Crippen LogP contribution in [0.5, 0.6) is 0 Å². The molecule has 10 atom stereocenters. The second-order valence-electron chi connectivity index (χ2n) is 6.16. The van der Waals surface area contributed by atoms with Crippen molar-refractivity contribution in [2.24, 2.45) is 5.73 Å². The average Bonchev–Trinajstić information content (AvgIpc) is 2.64. The third-order valence-electron chi connectivity index (χ3n) is 4.36. The summed E-state index contributed by atoms with van der Waals surface area (Å²) in [5.41, 5.74) is 5.33. The fourth-order valence-electron chi connectivity index (χ4n) is 2.87. The number of hydrogen-bond donors (Lipinski definition) is 8. The second-order valence-corrected chi connectivity index (χ2v) is 6.16. The molecular formula is C14H27NO11. The van der Waals surface area contributed by atoms with E-state index in [1.54, 1.807) is 0 Å². The first kappa shape index (κ1) is 21.8. The van der Waals surface area contributed by atoms with E-state index < -0.39 is 74.6 Å². The van der Waals surface area contributed by atoms with Crippen molar-refractivity contribution in [3.05, 3.63) is 0 Å². The van der Waals surface area contributed by atoms with Crippen molar-refractivity contribution in [2.45, 2.75) is 61.4 Å². The monoisotopic (exact) mass is 385 g/mol. The van der Waals surface area contributed by atoms with Gasteiger partial charge in [0.2, 0.25) is 0 Å². The summed E-state index contributed by atoms with van der Waals surface area (Å²) in [4.78, 5) is 0. The lowest BCUT2D eigenvalue weighted by molar-refractivity contribution is -0.359. The molecule has 2 saturated heterocycles. The highest BCUT2D eigenvalue weighted by Gasteiger charge is 2.50. The molecular weight excluding hydrogens is 358 g/mol. The Morgan fingerprint density at radius 1 is 0.731 bits per heavy atom. The minimum Gasteiger partial charge on any atom is -0.394 e. The summed E-state index contributed by atoms with van der Waals surface area (Å²) in [5, 5.41) is 68.7. The molecule has 0 saturated carbocycles. The molecule has 0 aromatic heterocycles. The van der Waals surface area contributed by atoms with Crippen LogP contribution in [0.15, 0.2) is 0 Å². The van der Waals surface area contributed by atoms with Gasteiger partial charge in [-0.2, -0.15) is 0 Å². The average molecular weight is 385 g/mol. The molecule has 26 heavy (non-hydrogen) atoms. The molecule has 9 N–H and O–H groups in total. The van der Waals surface area contributed by atoms with Crippen LogP contribution in [-0.4, -0.2) is 124 Å². The molecule has 12 nitrogen and oxygen atoms in total. The van der Waals surface area contributed by atoms with Crippen molar-refractivity contribution in [3.8, 4) is 0 Å². The van der Waals surface area contributed by atoms with Crippen molar-refractivity contribution in [2.75, 3.05) is 26.4 Å². The van der Waals surface area contributed by atoms with Crippen LogP contribution in [0, 0.1) is 0 Å². The van der Waals surface area contributed by atoms with E-state index in [2.05, 4.69) is 0 Å². The van der Waals surface area contributed by atoms with Gasteiger partial charge in [-0.15, -0.1) is 0 Å². The Hall–Kier alpha value is -0.480. The Labute approximate surface area is 149 Å². The van der Waals surface area contributed by atoms with Crippen LogP contribution < -0.4 is 5.73 Å². The van der Waals surface area contributed by atoms with E-state index in [-0.39, 0.29) is 13.2 Å². The molecule has 0 aromatic carbocycles. The van der Waals surface area contributed by atoms with Gasteiger partial charge in [-0.05, 0) is 0 Å². The van der Waals surface area contributed by atoms with E-state index in [4.69, 9.17) is 24.7 Å². The molecule has 0 amide bonds. The zero-order chi connectivity index (χ0) is 19.4. The highest BCUT2D eigenvalue weighted by molar-refractivity contribution is 4.94. The summed E-state index contributed by atoms with van der Waals surface area (Å²) in [6.07, 6.45) is -14.7. The predicted molar refractivity (Wildman–Crippen MR) is 81.4 cm³/mol. The standard InChI is InChI=1S/C14H27NO11/c15-1-2-23-13-11(22)12(8(19)6(4-17)24-13)26-14-10(21)9(20)7(18)5(3-16)25-14/h5-14,16-22H,1-4,15H2/t5?,6?,7-,8-,9-,10?,11?,12-,13+,14+/m0/s1. The first-order valence-electron chi connectivity index (χ1n) is 8.25. The number of rotatable bonds is 7. The van der Waals surface area contributed by atoms with Gasteiger partial charge in [0, 0.05) is 6.54 Å². The maximum absolute atomic E-state index is 10.3. The third kappa shape index (κ3) is 4.49. The van der Waals surface area contributed by atoms with Crippen LogP contribution in [0.25, 0.3) is 0 Å². The maximum atomic E-state index is 10.3. The van der Waals surface area contributed by atoms with Gasteiger partial charge < -0.3 is 60.4 Å². The lowest BCUT2D eigenvalue weighted by Gasteiger charge is -2.45. The molecule has 2 rings (SSSR count). The van der Waals surface area contributed by atoms with Crippen molar-refractivity contribution in [3.63, 3.8) is 0 Å². The van der Waals surface area contributed by atoms with Crippen LogP contribution in [0.2, 0.25) is 0 Å². The van der Waals surface area contributed by atoms with E-state index in [0.717, 1.165) is 0 Å². The minimum absolute atomic E-state index is 0.0305. The van der Waals surface area contributed by atoms with Gasteiger partial charge in [0.05, 0.1) is 19.8 Å².